The summed E-state index contributed by atoms with van der Waals surface area (Å²) >= 11 is 0. The molecule has 0 aliphatic heterocycles. The van der Waals surface area contributed by atoms with E-state index in [1.54, 1.807) is 4.90 Å². The van der Waals surface area contributed by atoms with Crippen LogP contribution in [0.1, 0.15) is 33.3 Å². The van der Waals surface area contributed by atoms with E-state index in [1.807, 2.05) is 33.2 Å². The van der Waals surface area contributed by atoms with E-state index in [2.05, 4.69) is 38.2 Å². The molecule has 0 radical (unpaired) electrons. The SMILES string of the molecule is CNCC(C)C(=O)N(C)c1ccc(C(C)(C)C)cc1. The van der Waals surface area contributed by atoms with E-state index in [0.717, 1.165) is 5.69 Å². The van der Waals surface area contributed by atoms with Crippen LogP contribution in [0.4, 0.5) is 5.69 Å². The summed E-state index contributed by atoms with van der Waals surface area (Å²) in [5.41, 5.74) is 2.36. The van der Waals surface area contributed by atoms with Gasteiger partial charge in [0.1, 0.15) is 0 Å². The van der Waals surface area contributed by atoms with Crippen molar-refractivity contribution in [2.75, 3.05) is 25.5 Å². The number of benzene rings is 1. The molecule has 0 saturated heterocycles. The molecule has 0 spiro atoms. The van der Waals surface area contributed by atoms with Gasteiger partial charge in [0.15, 0.2) is 0 Å². The molecule has 1 unspecified atom stereocenters. The maximum atomic E-state index is 12.2. The van der Waals surface area contributed by atoms with E-state index in [9.17, 15) is 4.79 Å². The van der Waals surface area contributed by atoms with E-state index >= 15 is 0 Å². The molecule has 19 heavy (non-hydrogen) atoms. The lowest BCUT2D eigenvalue weighted by Crippen LogP contribution is -2.36. The van der Waals surface area contributed by atoms with Gasteiger partial charge in [-0.3, -0.25) is 4.79 Å². The molecule has 0 aliphatic carbocycles. The van der Waals surface area contributed by atoms with E-state index in [1.165, 1.54) is 5.56 Å². The van der Waals surface area contributed by atoms with Gasteiger partial charge in [-0.2, -0.15) is 0 Å². The monoisotopic (exact) mass is 262 g/mol. The first kappa shape index (κ1) is 15.7. The zero-order chi connectivity index (χ0) is 14.6. The van der Waals surface area contributed by atoms with Gasteiger partial charge in [-0.1, -0.05) is 39.8 Å². The van der Waals surface area contributed by atoms with Crippen LogP contribution in [0.2, 0.25) is 0 Å². The van der Waals surface area contributed by atoms with Crippen molar-refractivity contribution >= 4 is 11.6 Å². The third kappa shape index (κ3) is 4.06. The largest absolute Gasteiger partial charge is 0.319 e. The molecular weight excluding hydrogens is 236 g/mol. The molecule has 1 atom stereocenters. The van der Waals surface area contributed by atoms with E-state index < -0.39 is 0 Å². The van der Waals surface area contributed by atoms with Crippen molar-refractivity contribution in [2.24, 2.45) is 5.92 Å². The van der Waals surface area contributed by atoms with Crippen LogP contribution < -0.4 is 10.2 Å². The number of nitrogens with zero attached hydrogens (tertiary/aromatic N) is 1. The number of hydrogen-bond donors (Lipinski definition) is 1. The zero-order valence-electron chi connectivity index (χ0n) is 12.9. The Morgan fingerprint density at radius 2 is 1.79 bits per heavy atom. The normalized spacial score (nSPS) is 13.2. The second-order valence-electron chi connectivity index (χ2n) is 6.15. The van der Waals surface area contributed by atoms with Gasteiger partial charge < -0.3 is 10.2 Å². The molecule has 3 nitrogen and oxygen atoms in total. The molecule has 0 fully saturated rings. The third-order valence-electron chi connectivity index (χ3n) is 3.38. The molecule has 106 valence electrons. The van der Waals surface area contributed by atoms with E-state index in [4.69, 9.17) is 0 Å². The minimum Gasteiger partial charge on any atom is -0.319 e. The first-order chi connectivity index (χ1) is 8.77. The Bertz CT molecular complexity index is 417. The molecule has 1 N–H and O–H groups in total. The smallest absolute Gasteiger partial charge is 0.230 e. The minimum atomic E-state index is -0.0164. The number of carbonyl (C=O) groups is 1. The van der Waals surface area contributed by atoms with Crippen LogP contribution in [-0.2, 0) is 10.2 Å². The van der Waals surface area contributed by atoms with Gasteiger partial charge >= 0.3 is 0 Å². The van der Waals surface area contributed by atoms with Crippen LogP contribution in [0, 0.1) is 5.92 Å². The van der Waals surface area contributed by atoms with Gasteiger partial charge in [0.05, 0.1) is 0 Å². The van der Waals surface area contributed by atoms with Crippen molar-refractivity contribution in [3.8, 4) is 0 Å². The van der Waals surface area contributed by atoms with Crippen LogP contribution >= 0.6 is 0 Å². The average Bonchev–Trinajstić information content (AvgIpc) is 2.36. The number of hydrogen-bond acceptors (Lipinski definition) is 2. The standard InChI is InChI=1S/C16H26N2O/c1-12(11-17-5)15(19)18(6)14-9-7-13(8-10-14)16(2,3)4/h7-10,12,17H,11H2,1-6H3. The summed E-state index contributed by atoms with van der Waals surface area (Å²) in [6.07, 6.45) is 0. The highest BCUT2D eigenvalue weighted by atomic mass is 16.2. The minimum absolute atomic E-state index is 0.0164. The molecule has 0 aliphatic rings. The van der Waals surface area contributed by atoms with E-state index in [-0.39, 0.29) is 17.2 Å². The highest BCUT2D eigenvalue weighted by Crippen LogP contribution is 2.25. The molecule has 1 amide bonds. The van der Waals surface area contributed by atoms with Crippen LogP contribution in [-0.4, -0.2) is 26.5 Å². The van der Waals surface area contributed by atoms with Gasteiger partial charge in [0, 0.05) is 25.2 Å². The predicted octanol–water partition coefficient (Wildman–Crippen LogP) is 2.80. The lowest BCUT2D eigenvalue weighted by atomic mass is 9.87. The lowest BCUT2D eigenvalue weighted by molar-refractivity contribution is -0.121. The summed E-state index contributed by atoms with van der Waals surface area (Å²) in [6.45, 7) is 9.20. The van der Waals surface area contributed by atoms with Crippen LogP contribution in [0.25, 0.3) is 0 Å². The van der Waals surface area contributed by atoms with Gasteiger partial charge in [-0.25, -0.2) is 0 Å². The second-order valence-corrected chi connectivity index (χ2v) is 6.15. The average molecular weight is 262 g/mol. The summed E-state index contributed by atoms with van der Waals surface area (Å²) in [4.78, 5) is 13.9. The van der Waals surface area contributed by atoms with Crippen molar-refractivity contribution in [1.82, 2.24) is 5.32 Å². The second kappa shape index (κ2) is 6.20. The molecule has 1 aromatic rings. The maximum Gasteiger partial charge on any atom is 0.230 e. The lowest BCUT2D eigenvalue weighted by Gasteiger charge is -2.23. The Labute approximate surface area is 117 Å². The molecular formula is C16H26N2O. The Hall–Kier alpha value is -1.35. The number of carbonyl (C=O) groups excluding carboxylic acids is 1. The first-order valence-corrected chi connectivity index (χ1v) is 6.80. The van der Waals surface area contributed by atoms with Gasteiger partial charge in [0.25, 0.3) is 0 Å². The Morgan fingerprint density at radius 3 is 2.21 bits per heavy atom. The Balaban J connectivity index is 2.83. The van der Waals surface area contributed by atoms with Crippen LogP contribution in [0.3, 0.4) is 0 Å². The summed E-state index contributed by atoms with van der Waals surface area (Å²) < 4.78 is 0. The topological polar surface area (TPSA) is 32.3 Å². The predicted molar refractivity (Wildman–Crippen MR) is 81.6 cm³/mol. The van der Waals surface area contributed by atoms with Crippen molar-refractivity contribution < 1.29 is 4.79 Å². The Kier molecular flexibility index (Phi) is 5.12. The fraction of sp³-hybridized carbons (Fsp3) is 0.562. The zero-order valence-corrected chi connectivity index (χ0v) is 12.9. The van der Waals surface area contributed by atoms with Gasteiger partial charge in [-0.15, -0.1) is 0 Å². The van der Waals surface area contributed by atoms with Crippen molar-refractivity contribution in [3.05, 3.63) is 29.8 Å². The summed E-state index contributed by atoms with van der Waals surface area (Å²) in [5, 5.41) is 3.04. The quantitative estimate of drug-likeness (QED) is 0.905. The molecule has 0 saturated carbocycles. The molecule has 1 rings (SSSR count). The molecule has 1 aromatic carbocycles. The highest BCUT2D eigenvalue weighted by molar-refractivity contribution is 5.94. The maximum absolute atomic E-state index is 12.2. The molecule has 0 aromatic heterocycles. The van der Waals surface area contributed by atoms with Crippen molar-refractivity contribution in [3.63, 3.8) is 0 Å². The first-order valence-electron chi connectivity index (χ1n) is 6.80. The highest BCUT2D eigenvalue weighted by Gasteiger charge is 2.19. The van der Waals surface area contributed by atoms with E-state index in [0.29, 0.717) is 6.54 Å². The number of nitrogens with one attached hydrogen (secondary N) is 1. The number of rotatable bonds is 4. The molecule has 3 heteroatoms. The Morgan fingerprint density at radius 1 is 1.26 bits per heavy atom. The van der Waals surface area contributed by atoms with Gasteiger partial charge in [-0.05, 0) is 30.2 Å². The summed E-state index contributed by atoms with van der Waals surface area (Å²) in [5.74, 6) is 0.121. The summed E-state index contributed by atoms with van der Waals surface area (Å²) in [7, 11) is 3.70. The fourth-order valence-electron chi connectivity index (χ4n) is 2.04. The van der Waals surface area contributed by atoms with Gasteiger partial charge in [0.2, 0.25) is 5.91 Å². The third-order valence-corrected chi connectivity index (χ3v) is 3.38. The van der Waals surface area contributed by atoms with Crippen LogP contribution in [0.5, 0.6) is 0 Å². The van der Waals surface area contributed by atoms with Crippen LogP contribution in [0.15, 0.2) is 24.3 Å². The van der Waals surface area contributed by atoms with Crippen molar-refractivity contribution in [1.29, 1.82) is 0 Å². The van der Waals surface area contributed by atoms with Crippen molar-refractivity contribution in [2.45, 2.75) is 33.1 Å². The molecule has 0 bridgehead atoms. The summed E-state index contributed by atoms with van der Waals surface area (Å²) in [6, 6.07) is 8.23. The fourth-order valence-corrected chi connectivity index (χ4v) is 2.04. The number of amides is 1. The molecule has 0 heterocycles. The number of anilines is 1.